The van der Waals surface area contributed by atoms with Gasteiger partial charge >= 0.3 is 0 Å². The quantitative estimate of drug-likeness (QED) is 0.434. The molecule has 0 amide bonds. The fourth-order valence-electron chi connectivity index (χ4n) is 3.88. The third kappa shape index (κ3) is 5.85. The first kappa shape index (κ1) is 24.6. The Balaban J connectivity index is 1.90. The molecule has 4 nitrogen and oxygen atoms in total. The summed E-state index contributed by atoms with van der Waals surface area (Å²) < 4.78 is 33.6. The van der Waals surface area contributed by atoms with Crippen LogP contribution in [0.3, 0.4) is 0 Å². The van der Waals surface area contributed by atoms with Gasteiger partial charge in [-0.2, -0.15) is 4.31 Å². The van der Waals surface area contributed by atoms with Crippen LogP contribution >= 0.6 is 7.92 Å². The highest BCUT2D eigenvalue weighted by molar-refractivity contribution is 7.88. The highest BCUT2D eigenvalue weighted by Gasteiger charge is 2.44. The standard InChI is InChI=1S/C24H36NO3PSSi/c1-24(2,3)31(5,6)28-19-20-17-23(18-25(20)30(4,26)27)29(21-13-9-7-10-14-21)22-15-11-8-12-16-22/h7-16,20,23H,17-19H2,1-6H3/t20-,23-/m0/s1. The molecule has 0 spiro atoms. The second-order valence-electron chi connectivity index (χ2n) is 9.99. The minimum Gasteiger partial charge on any atom is -0.415 e. The molecule has 2 aromatic carbocycles. The maximum atomic E-state index is 12.7. The molecule has 2 atom stereocenters. The third-order valence-corrected chi connectivity index (χ3v) is 15.3. The number of sulfonamides is 1. The van der Waals surface area contributed by atoms with E-state index in [0.29, 0.717) is 13.2 Å². The van der Waals surface area contributed by atoms with Crippen LogP contribution in [0.4, 0.5) is 0 Å². The van der Waals surface area contributed by atoms with Gasteiger partial charge < -0.3 is 4.43 Å². The van der Waals surface area contributed by atoms with E-state index < -0.39 is 26.3 Å². The van der Waals surface area contributed by atoms with Gasteiger partial charge in [-0.15, -0.1) is 0 Å². The predicted octanol–water partition coefficient (Wildman–Crippen LogP) is 4.54. The molecule has 0 radical (unpaired) electrons. The van der Waals surface area contributed by atoms with Crippen LogP contribution in [0.5, 0.6) is 0 Å². The maximum absolute atomic E-state index is 12.7. The van der Waals surface area contributed by atoms with Crippen molar-refractivity contribution < 1.29 is 12.8 Å². The Labute approximate surface area is 191 Å². The Morgan fingerprint density at radius 3 is 1.90 bits per heavy atom. The number of hydrogen-bond acceptors (Lipinski definition) is 3. The smallest absolute Gasteiger partial charge is 0.211 e. The van der Waals surface area contributed by atoms with E-state index in [1.54, 1.807) is 4.31 Å². The van der Waals surface area contributed by atoms with Crippen molar-refractivity contribution in [2.24, 2.45) is 0 Å². The van der Waals surface area contributed by atoms with Crippen molar-refractivity contribution in [3.8, 4) is 0 Å². The van der Waals surface area contributed by atoms with E-state index in [4.69, 9.17) is 4.43 Å². The molecule has 1 aliphatic rings. The van der Waals surface area contributed by atoms with Gasteiger partial charge in [0.25, 0.3) is 0 Å². The normalized spacial score (nSPS) is 21.0. The molecular formula is C24H36NO3PSSi. The van der Waals surface area contributed by atoms with Crippen molar-refractivity contribution in [3.05, 3.63) is 60.7 Å². The summed E-state index contributed by atoms with van der Waals surface area (Å²) in [6, 6.07) is 21.0. The molecule has 170 valence electrons. The average molecular weight is 478 g/mol. The highest BCUT2D eigenvalue weighted by atomic mass is 32.2. The second kappa shape index (κ2) is 9.44. The van der Waals surface area contributed by atoms with E-state index in [1.165, 1.54) is 16.9 Å². The van der Waals surface area contributed by atoms with E-state index in [1.807, 2.05) is 12.1 Å². The minimum absolute atomic E-state index is 0.0988. The lowest BCUT2D eigenvalue weighted by atomic mass is 10.2. The van der Waals surface area contributed by atoms with E-state index in [9.17, 15) is 8.42 Å². The van der Waals surface area contributed by atoms with Gasteiger partial charge in [-0.25, -0.2) is 8.42 Å². The zero-order chi connectivity index (χ0) is 22.9. The van der Waals surface area contributed by atoms with Crippen molar-refractivity contribution in [2.45, 2.75) is 57.0 Å². The lowest BCUT2D eigenvalue weighted by Crippen LogP contribution is -2.45. The van der Waals surface area contributed by atoms with E-state index in [-0.39, 0.29) is 16.7 Å². The molecule has 0 aliphatic carbocycles. The number of hydrogen-bond donors (Lipinski definition) is 0. The Hall–Kier alpha value is -1.04. The Kier molecular flexibility index (Phi) is 7.49. The molecule has 0 N–H and O–H groups in total. The van der Waals surface area contributed by atoms with Crippen LogP contribution in [0.25, 0.3) is 0 Å². The van der Waals surface area contributed by atoms with Gasteiger partial charge in [-0.3, -0.25) is 0 Å². The molecule has 1 heterocycles. The summed E-state index contributed by atoms with van der Waals surface area (Å²) in [5.41, 5.74) is 0.266. The van der Waals surface area contributed by atoms with Gasteiger partial charge in [0.05, 0.1) is 12.9 Å². The summed E-state index contributed by atoms with van der Waals surface area (Å²) in [4.78, 5) is 0. The Morgan fingerprint density at radius 2 is 1.48 bits per heavy atom. The van der Waals surface area contributed by atoms with Crippen molar-refractivity contribution in [1.29, 1.82) is 0 Å². The molecule has 1 fully saturated rings. The number of rotatable bonds is 7. The topological polar surface area (TPSA) is 46.6 Å². The van der Waals surface area contributed by atoms with Crippen LogP contribution < -0.4 is 10.6 Å². The molecule has 3 rings (SSSR count). The van der Waals surface area contributed by atoms with E-state index >= 15 is 0 Å². The van der Waals surface area contributed by atoms with Crippen LogP contribution in [-0.4, -0.2) is 52.1 Å². The molecule has 0 unspecified atom stereocenters. The van der Waals surface area contributed by atoms with Gasteiger partial charge in [0.1, 0.15) is 0 Å². The van der Waals surface area contributed by atoms with Crippen molar-refractivity contribution in [2.75, 3.05) is 19.4 Å². The Morgan fingerprint density at radius 1 is 1.00 bits per heavy atom. The Bertz CT molecular complexity index is 922. The molecule has 31 heavy (non-hydrogen) atoms. The van der Waals surface area contributed by atoms with Crippen molar-refractivity contribution in [3.63, 3.8) is 0 Å². The summed E-state index contributed by atoms with van der Waals surface area (Å²) in [6.07, 6.45) is 2.17. The highest BCUT2D eigenvalue weighted by Crippen LogP contribution is 2.46. The van der Waals surface area contributed by atoms with Gasteiger partial charge in [-0.1, -0.05) is 81.4 Å². The first-order valence-electron chi connectivity index (χ1n) is 10.9. The van der Waals surface area contributed by atoms with Gasteiger partial charge in [-0.05, 0) is 43.1 Å². The maximum Gasteiger partial charge on any atom is 0.211 e. The fourth-order valence-corrected chi connectivity index (χ4v) is 9.09. The number of nitrogens with zero attached hydrogens (tertiary/aromatic N) is 1. The molecule has 7 heteroatoms. The number of benzene rings is 2. The van der Waals surface area contributed by atoms with Crippen molar-refractivity contribution in [1.82, 2.24) is 4.31 Å². The summed E-state index contributed by atoms with van der Waals surface area (Å²) in [5.74, 6) is 0. The molecular weight excluding hydrogens is 441 g/mol. The van der Waals surface area contributed by atoms with Gasteiger partial charge in [0.15, 0.2) is 8.32 Å². The third-order valence-electron chi connectivity index (χ3n) is 6.64. The second-order valence-corrected chi connectivity index (χ2v) is 19.2. The molecule has 0 aromatic heterocycles. The first-order chi connectivity index (χ1) is 14.4. The zero-order valence-corrected chi connectivity index (χ0v) is 22.3. The summed E-state index contributed by atoms with van der Waals surface area (Å²) in [5, 5.41) is 2.70. The lowest BCUT2D eigenvalue weighted by Gasteiger charge is -2.37. The van der Waals surface area contributed by atoms with Crippen molar-refractivity contribution >= 4 is 36.9 Å². The summed E-state index contributed by atoms with van der Waals surface area (Å²) in [6.45, 7) is 12.1. The predicted molar refractivity (Wildman–Crippen MR) is 136 cm³/mol. The molecule has 2 aromatic rings. The van der Waals surface area contributed by atoms with Crippen LogP contribution in [0.1, 0.15) is 27.2 Å². The van der Waals surface area contributed by atoms with Crippen LogP contribution in [0, 0.1) is 0 Å². The van der Waals surface area contributed by atoms with Gasteiger partial charge in [0.2, 0.25) is 10.0 Å². The molecule has 1 aliphatic heterocycles. The van der Waals surface area contributed by atoms with Crippen LogP contribution in [0.15, 0.2) is 60.7 Å². The molecule has 0 saturated carbocycles. The first-order valence-corrected chi connectivity index (χ1v) is 17.1. The summed E-state index contributed by atoms with van der Waals surface area (Å²) >= 11 is 0. The van der Waals surface area contributed by atoms with E-state index in [0.717, 1.165) is 6.42 Å². The SMILES string of the molecule is CC(C)(C)[Si](C)(C)OC[C@@H]1C[C@H](P(c2ccccc2)c2ccccc2)CN1S(C)(=O)=O. The van der Waals surface area contributed by atoms with Crippen LogP contribution in [-0.2, 0) is 14.4 Å². The lowest BCUT2D eigenvalue weighted by molar-refractivity contribution is 0.216. The minimum atomic E-state index is -3.31. The molecule has 1 saturated heterocycles. The average Bonchev–Trinajstić information content (AvgIpc) is 3.12. The van der Waals surface area contributed by atoms with Crippen LogP contribution in [0.2, 0.25) is 18.1 Å². The fraction of sp³-hybridized carbons (Fsp3) is 0.500. The van der Waals surface area contributed by atoms with Gasteiger partial charge in [0, 0.05) is 18.2 Å². The zero-order valence-electron chi connectivity index (χ0n) is 19.6. The van der Waals surface area contributed by atoms with E-state index in [2.05, 4.69) is 82.4 Å². The summed E-state index contributed by atoms with van der Waals surface area (Å²) in [7, 11) is -5.93. The monoisotopic (exact) mass is 477 g/mol. The molecule has 0 bridgehead atoms. The largest absolute Gasteiger partial charge is 0.415 e.